The van der Waals surface area contributed by atoms with E-state index in [0.29, 0.717) is 16.7 Å². The summed E-state index contributed by atoms with van der Waals surface area (Å²) in [4.78, 5) is 12.7. The normalized spacial score (nSPS) is 10.8. The molecule has 22 heavy (non-hydrogen) atoms. The molecule has 1 aromatic carbocycles. The molecule has 2 rings (SSSR count). The van der Waals surface area contributed by atoms with Crippen LogP contribution in [0.4, 0.5) is 5.69 Å². The molecule has 0 aliphatic heterocycles. The van der Waals surface area contributed by atoms with E-state index < -0.39 is 0 Å². The molecule has 0 fully saturated rings. The van der Waals surface area contributed by atoms with Gasteiger partial charge >= 0.3 is 0 Å². The molecule has 0 saturated carbocycles. The largest absolute Gasteiger partial charge is 0.362 e. The van der Waals surface area contributed by atoms with Crippen molar-refractivity contribution in [2.75, 3.05) is 11.9 Å². The lowest BCUT2D eigenvalue weighted by molar-refractivity contribution is 0.627. The second kappa shape index (κ2) is 6.79. The summed E-state index contributed by atoms with van der Waals surface area (Å²) in [6.45, 7) is 6.87. The maximum Gasteiger partial charge on any atom is 0.295 e. The fourth-order valence-electron chi connectivity index (χ4n) is 2.17. The first-order valence-corrected chi connectivity index (χ1v) is 7.71. The molecular formula is C16H22N4OS. The Labute approximate surface area is 135 Å². The molecule has 2 N–H and O–H groups in total. The van der Waals surface area contributed by atoms with E-state index in [1.807, 2.05) is 49.0 Å². The topological polar surface area (TPSA) is 51.0 Å². The summed E-state index contributed by atoms with van der Waals surface area (Å²) in [7, 11) is 1.86. The first kappa shape index (κ1) is 16.3. The quantitative estimate of drug-likeness (QED) is 0.850. The van der Waals surface area contributed by atoms with Gasteiger partial charge in [-0.25, -0.2) is 4.68 Å². The number of para-hydroxylation sites is 1. The Morgan fingerprint density at radius 1 is 1.27 bits per heavy atom. The van der Waals surface area contributed by atoms with Crippen LogP contribution in [-0.4, -0.2) is 21.0 Å². The number of hydrogen-bond acceptors (Lipinski definition) is 2. The van der Waals surface area contributed by atoms with Crippen LogP contribution in [0.1, 0.15) is 19.5 Å². The first-order valence-electron chi connectivity index (χ1n) is 7.30. The minimum atomic E-state index is -0.111. The molecule has 118 valence electrons. The summed E-state index contributed by atoms with van der Waals surface area (Å²) < 4.78 is 3.45. The first-order chi connectivity index (χ1) is 10.4. The van der Waals surface area contributed by atoms with Gasteiger partial charge in [0.1, 0.15) is 5.69 Å². The van der Waals surface area contributed by atoms with Crippen molar-refractivity contribution >= 4 is 23.0 Å². The van der Waals surface area contributed by atoms with Gasteiger partial charge in [-0.1, -0.05) is 32.0 Å². The standard InChI is InChI=1S/C16H22N4OS/c1-11(2)10-17-16(22)18-14-12(3)19(4)20(15(14)21)13-8-6-5-7-9-13/h5-9,11H,10H2,1-4H3,(H2,17,18,22). The van der Waals surface area contributed by atoms with Gasteiger partial charge in [-0.05, 0) is 37.2 Å². The second-order valence-electron chi connectivity index (χ2n) is 5.67. The monoisotopic (exact) mass is 318 g/mol. The minimum absolute atomic E-state index is 0.111. The van der Waals surface area contributed by atoms with Gasteiger partial charge in [-0.3, -0.25) is 9.48 Å². The highest BCUT2D eigenvalue weighted by Gasteiger charge is 2.16. The molecule has 5 nitrogen and oxygen atoms in total. The summed E-state index contributed by atoms with van der Waals surface area (Å²) in [5.74, 6) is 0.484. The highest BCUT2D eigenvalue weighted by atomic mass is 32.1. The molecule has 0 unspecified atom stereocenters. The predicted octanol–water partition coefficient (Wildman–Crippen LogP) is 2.43. The molecule has 1 aromatic heterocycles. The average Bonchev–Trinajstić information content (AvgIpc) is 2.70. The summed E-state index contributed by atoms with van der Waals surface area (Å²) in [6.07, 6.45) is 0. The van der Waals surface area contributed by atoms with Crippen molar-refractivity contribution in [3.8, 4) is 5.69 Å². The highest BCUT2D eigenvalue weighted by Crippen LogP contribution is 2.13. The van der Waals surface area contributed by atoms with Crippen molar-refractivity contribution in [2.24, 2.45) is 13.0 Å². The van der Waals surface area contributed by atoms with Crippen molar-refractivity contribution in [3.05, 3.63) is 46.4 Å². The Morgan fingerprint density at radius 2 is 1.91 bits per heavy atom. The lowest BCUT2D eigenvalue weighted by Gasteiger charge is -2.11. The van der Waals surface area contributed by atoms with E-state index in [1.54, 1.807) is 4.68 Å². The Hall–Kier alpha value is -2.08. The molecule has 0 atom stereocenters. The van der Waals surface area contributed by atoms with Crippen molar-refractivity contribution in [1.29, 1.82) is 0 Å². The van der Waals surface area contributed by atoms with Crippen molar-refractivity contribution in [2.45, 2.75) is 20.8 Å². The lowest BCUT2D eigenvalue weighted by atomic mass is 10.2. The van der Waals surface area contributed by atoms with Crippen LogP contribution in [0.2, 0.25) is 0 Å². The zero-order valence-corrected chi connectivity index (χ0v) is 14.2. The van der Waals surface area contributed by atoms with Gasteiger partial charge in [0.25, 0.3) is 5.56 Å². The van der Waals surface area contributed by atoms with Crippen LogP contribution in [0.5, 0.6) is 0 Å². The average molecular weight is 318 g/mol. The number of thiocarbonyl (C=S) groups is 1. The maximum absolute atomic E-state index is 12.7. The van der Waals surface area contributed by atoms with Crippen LogP contribution >= 0.6 is 12.2 Å². The molecule has 0 bridgehead atoms. The van der Waals surface area contributed by atoms with Gasteiger partial charge in [-0.15, -0.1) is 0 Å². The van der Waals surface area contributed by atoms with Gasteiger partial charge in [0.15, 0.2) is 5.11 Å². The number of rotatable bonds is 4. The number of nitrogens with zero attached hydrogens (tertiary/aromatic N) is 2. The molecule has 0 radical (unpaired) electrons. The van der Waals surface area contributed by atoms with E-state index in [1.165, 1.54) is 0 Å². The summed E-state index contributed by atoms with van der Waals surface area (Å²) in [5.41, 5.74) is 2.06. The van der Waals surface area contributed by atoms with E-state index in [2.05, 4.69) is 24.5 Å². The molecule has 1 heterocycles. The summed E-state index contributed by atoms with van der Waals surface area (Å²) in [5, 5.41) is 6.62. The fourth-order valence-corrected chi connectivity index (χ4v) is 2.35. The van der Waals surface area contributed by atoms with Crippen LogP contribution in [0, 0.1) is 12.8 Å². The Balaban J connectivity index is 2.31. The van der Waals surface area contributed by atoms with E-state index >= 15 is 0 Å². The van der Waals surface area contributed by atoms with E-state index in [0.717, 1.165) is 17.9 Å². The second-order valence-corrected chi connectivity index (χ2v) is 6.07. The van der Waals surface area contributed by atoms with Gasteiger partial charge in [0, 0.05) is 13.6 Å². The zero-order valence-electron chi connectivity index (χ0n) is 13.4. The molecule has 2 aromatic rings. The zero-order chi connectivity index (χ0) is 16.3. The fraction of sp³-hybridized carbons (Fsp3) is 0.375. The van der Waals surface area contributed by atoms with Crippen LogP contribution in [0.3, 0.4) is 0 Å². The number of anilines is 1. The third-order valence-electron chi connectivity index (χ3n) is 3.46. The molecule has 0 spiro atoms. The van der Waals surface area contributed by atoms with E-state index in [-0.39, 0.29) is 5.56 Å². The van der Waals surface area contributed by atoms with Crippen molar-refractivity contribution in [1.82, 2.24) is 14.7 Å². The molecule has 0 saturated heterocycles. The summed E-state index contributed by atoms with van der Waals surface area (Å²) in [6, 6.07) is 9.55. The van der Waals surface area contributed by atoms with Gasteiger partial charge in [-0.2, -0.15) is 0 Å². The Bertz CT molecular complexity index is 716. The van der Waals surface area contributed by atoms with E-state index in [9.17, 15) is 4.79 Å². The van der Waals surface area contributed by atoms with Crippen molar-refractivity contribution in [3.63, 3.8) is 0 Å². The lowest BCUT2D eigenvalue weighted by Crippen LogP contribution is -2.33. The third kappa shape index (κ3) is 3.39. The summed E-state index contributed by atoms with van der Waals surface area (Å²) >= 11 is 5.26. The Morgan fingerprint density at radius 3 is 2.50 bits per heavy atom. The molecule has 0 aliphatic carbocycles. The Kier molecular flexibility index (Phi) is 5.03. The van der Waals surface area contributed by atoms with E-state index in [4.69, 9.17) is 12.2 Å². The molecular weight excluding hydrogens is 296 g/mol. The molecule has 6 heteroatoms. The smallest absolute Gasteiger partial charge is 0.295 e. The van der Waals surface area contributed by atoms with Gasteiger partial charge in [0.05, 0.1) is 11.4 Å². The van der Waals surface area contributed by atoms with Crippen LogP contribution in [-0.2, 0) is 7.05 Å². The number of benzene rings is 1. The molecule has 0 aliphatic rings. The van der Waals surface area contributed by atoms with Crippen LogP contribution in [0.15, 0.2) is 35.1 Å². The highest BCUT2D eigenvalue weighted by molar-refractivity contribution is 7.80. The van der Waals surface area contributed by atoms with Crippen molar-refractivity contribution < 1.29 is 0 Å². The number of hydrogen-bond donors (Lipinski definition) is 2. The molecule has 0 amide bonds. The predicted molar refractivity (Wildman–Crippen MR) is 94.8 cm³/mol. The SMILES string of the molecule is Cc1c(NC(=S)NCC(C)C)c(=O)n(-c2ccccc2)n1C. The third-order valence-corrected chi connectivity index (χ3v) is 3.71. The van der Waals surface area contributed by atoms with Gasteiger partial charge < -0.3 is 10.6 Å². The van der Waals surface area contributed by atoms with Gasteiger partial charge in [0.2, 0.25) is 0 Å². The number of nitrogens with one attached hydrogen (secondary N) is 2. The number of aromatic nitrogens is 2. The van der Waals surface area contributed by atoms with Crippen LogP contribution < -0.4 is 16.2 Å². The minimum Gasteiger partial charge on any atom is -0.362 e. The van der Waals surface area contributed by atoms with Crippen LogP contribution in [0.25, 0.3) is 5.69 Å². The maximum atomic E-state index is 12.7.